The van der Waals surface area contributed by atoms with Crippen molar-refractivity contribution in [3.8, 4) is 5.75 Å². The minimum atomic E-state index is -0.236. The lowest BCUT2D eigenvalue weighted by atomic mass is 10.2. The summed E-state index contributed by atoms with van der Waals surface area (Å²) < 4.78 is 23.9. The molecule has 0 fully saturated rings. The van der Waals surface area contributed by atoms with E-state index < -0.39 is 0 Å². The Hall–Kier alpha value is -1.09. The maximum absolute atomic E-state index is 13.1. The highest BCUT2D eigenvalue weighted by atomic mass is 19.1. The molecule has 0 aliphatic carbocycles. The van der Waals surface area contributed by atoms with Gasteiger partial charge in [-0.05, 0) is 24.5 Å². The van der Waals surface area contributed by atoms with Crippen LogP contribution >= 0.6 is 0 Å². The monoisotopic (exact) mass is 226 g/mol. The second kappa shape index (κ2) is 6.48. The molecule has 0 aliphatic rings. The average Bonchev–Trinajstić information content (AvgIpc) is 2.22. The van der Waals surface area contributed by atoms with Gasteiger partial charge in [-0.3, -0.25) is 0 Å². The molecule has 16 heavy (non-hydrogen) atoms. The Labute approximate surface area is 96.4 Å². The van der Waals surface area contributed by atoms with Crippen LogP contribution in [0.5, 0.6) is 5.75 Å². The van der Waals surface area contributed by atoms with Crippen molar-refractivity contribution in [1.29, 1.82) is 0 Å². The second-order valence-electron chi connectivity index (χ2n) is 4.23. The first-order chi connectivity index (χ1) is 7.59. The molecule has 0 radical (unpaired) electrons. The van der Waals surface area contributed by atoms with Crippen molar-refractivity contribution < 1.29 is 13.9 Å². The Balaban J connectivity index is 2.24. The summed E-state index contributed by atoms with van der Waals surface area (Å²) in [5, 5.41) is 0. The summed E-state index contributed by atoms with van der Waals surface area (Å²) in [5.74, 6) is 0.841. The number of hydrogen-bond donors (Lipinski definition) is 0. The molecule has 0 heterocycles. The number of hydrogen-bond acceptors (Lipinski definition) is 2. The molecule has 0 N–H and O–H groups in total. The first kappa shape index (κ1) is 13.0. The lowest BCUT2D eigenvalue weighted by Gasteiger charge is -2.09. The fraction of sp³-hybridized carbons (Fsp3) is 0.538. The van der Waals surface area contributed by atoms with Crippen LogP contribution in [0.1, 0.15) is 19.4 Å². The summed E-state index contributed by atoms with van der Waals surface area (Å²) in [6.07, 6.45) is 0. The van der Waals surface area contributed by atoms with Gasteiger partial charge in [0, 0.05) is 12.7 Å². The molecular weight excluding hydrogens is 207 g/mol. The highest BCUT2D eigenvalue weighted by Crippen LogP contribution is 2.15. The highest BCUT2D eigenvalue weighted by Gasteiger charge is 2.00. The number of aryl methyl sites for hydroxylation is 1. The Morgan fingerprint density at radius 1 is 1.25 bits per heavy atom. The Morgan fingerprint density at radius 3 is 2.62 bits per heavy atom. The van der Waals surface area contributed by atoms with Crippen LogP contribution in [-0.2, 0) is 4.74 Å². The van der Waals surface area contributed by atoms with Gasteiger partial charge >= 0.3 is 0 Å². The van der Waals surface area contributed by atoms with Crippen LogP contribution in [0.25, 0.3) is 0 Å². The Bertz CT molecular complexity index is 324. The fourth-order valence-electron chi connectivity index (χ4n) is 1.20. The molecule has 1 aromatic carbocycles. The maximum atomic E-state index is 13.1. The van der Waals surface area contributed by atoms with E-state index in [9.17, 15) is 4.39 Å². The number of ether oxygens (including phenoxy) is 2. The van der Waals surface area contributed by atoms with E-state index in [1.165, 1.54) is 6.07 Å². The van der Waals surface area contributed by atoms with E-state index in [0.717, 1.165) is 6.61 Å². The van der Waals surface area contributed by atoms with Gasteiger partial charge in [0.2, 0.25) is 0 Å². The molecule has 0 aromatic heterocycles. The van der Waals surface area contributed by atoms with Gasteiger partial charge in [0.25, 0.3) is 0 Å². The Kier molecular flexibility index (Phi) is 5.26. The summed E-state index contributed by atoms with van der Waals surface area (Å²) in [6, 6.07) is 4.87. The van der Waals surface area contributed by atoms with E-state index in [0.29, 0.717) is 30.4 Å². The lowest BCUT2D eigenvalue weighted by molar-refractivity contribution is 0.0818. The van der Waals surface area contributed by atoms with Crippen molar-refractivity contribution in [2.75, 3.05) is 19.8 Å². The van der Waals surface area contributed by atoms with Crippen molar-refractivity contribution in [2.24, 2.45) is 5.92 Å². The van der Waals surface area contributed by atoms with Gasteiger partial charge in [-0.1, -0.05) is 19.9 Å². The molecule has 0 aliphatic heterocycles. The second-order valence-corrected chi connectivity index (χ2v) is 4.23. The highest BCUT2D eigenvalue weighted by molar-refractivity contribution is 5.27. The van der Waals surface area contributed by atoms with E-state index in [-0.39, 0.29) is 5.82 Å². The zero-order chi connectivity index (χ0) is 12.0. The van der Waals surface area contributed by atoms with Crippen molar-refractivity contribution in [1.82, 2.24) is 0 Å². The van der Waals surface area contributed by atoms with Crippen molar-refractivity contribution >= 4 is 0 Å². The average molecular weight is 226 g/mol. The molecule has 0 bridgehead atoms. The molecule has 0 atom stereocenters. The zero-order valence-corrected chi connectivity index (χ0v) is 10.1. The molecule has 0 saturated carbocycles. The first-order valence-corrected chi connectivity index (χ1v) is 5.56. The minimum absolute atomic E-state index is 0.236. The normalized spacial score (nSPS) is 10.8. The van der Waals surface area contributed by atoms with Crippen molar-refractivity contribution in [3.63, 3.8) is 0 Å². The van der Waals surface area contributed by atoms with Crippen LogP contribution in [0.15, 0.2) is 18.2 Å². The van der Waals surface area contributed by atoms with E-state index in [1.807, 2.05) is 0 Å². The predicted octanol–water partition coefficient (Wildman–Crippen LogP) is 3.19. The summed E-state index contributed by atoms with van der Waals surface area (Å²) >= 11 is 0. The summed E-state index contributed by atoms with van der Waals surface area (Å²) in [4.78, 5) is 0. The van der Waals surface area contributed by atoms with Crippen LogP contribution in [0.3, 0.4) is 0 Å². The molecule has 1 aromatic rings. The molecule has 0 unspecified atom stereocenters. The van der Waals surface area contributed by atoms with E-state index in [2.05, 4.69) is 13.8 Å². The van der Waals surface area contributed by atoms with Crippen LogP contribution in [0.4, 0.5) is 4.39 Å². The van der Waals surface area contributed by atoms with Crippen molar-refractivity contribution in [2.45, 2.75) is 20.8 Å². The van der Waals surface area contributed by atoms with Gasteiger partial charge in [0.05, 0.1) is 6.61 Å². The van der Waals surface area contributed by atoms with Gasteiger partial charge in [0.1, 0.15) is 18.2 Å². The van der Waals surface area contributed by atoms with Gasteiger partial charge in [-0.15, -0.1) is 0 Å². The fourth-order valence-corrected chi connectivity index (χ4v) is 1.20. The van der Waals surface area contributed by atoms with Gasteiger partial charge in [-0.25, -0.2) is 4.39 Å². The molecule has 1 rings (SSSR count). The molecular formula is C13H19FO2. The topological polar surface area (TPSA) is 18.5 Å². The van der Waals surface area contributed by atoms with E-state index in [1.54, 1.807) is 19.1 Å². The summed E-state index contributed by atoms with van der Waals surface area (Å²) in [7, 11) is 0. The van der Waals surface area contributed by atoms with Gasteiger partial charge in [-0.2, -0.15) is 0 Å². The zero-order valence-electron chi connectivity index (χ0n) is 10.1. The molecule has 90 valence electrons. The third-order valence-corrected chi connectivity index (χ3v) is 2.09. The summed E-state index contributed by atoms with van der Waals surface area (Å²) in [6.45, 7) is 7.63. The first-order valence-electron chi connectivity index (χ1n) is 5.56. The van der Waals surface area contributed by atoms with Crippen LogP contribution in [0, 0.1) is 18.7 Å². The predicted molar refractivity (Wildman–Crippen MR) is 62.3 cm³/mol. The quantitative estimate of drug-likeness (QED) is 0.693. The standard InChI is InChI=1S/C13H19FO2/c1-10(2)9-15-6-7-16-12-5-4-11(3)13(14)8-12/h4-5,8,10H,6-7,9H2,1-3H3. The van der Waals surface area contributed by atoms with Gasteiger partial charge < -0.3 is 9.47 Å². The molecule has 2 nitrogen and oxygen atoms in total. The summed E-state index contributed by atoms with van der Waals surface area (Å²) in [5.41, 5.74) is 0.628. The number of rotatable bonds is 6. The molecule has 0 spiro atoms. The number of halogens is 1. The van der Waals surface area contributed by atoms with Gasteiger partial charge in [0.15, 0.2) is 0 Å². The van der Waals surface area contributed by atoms with Crippen LogP contribution in [0.2, 0.25) is 0 Å². The number of benzene rings is 1. The maximum Gasteiger partial charge on any atom is 0.129 e. The van der Waals surface area contributed by atoms with Crippen LogP contribution in [-0.4, -0.2) is 19.8 Å². The smallest absolute Gasteiger partial charge is 0.129 e. The largest absolute Gasteiger partial charge is 0.491 e. The van der Waals surface area contributed by atoms with Crippen LogP contribution < -0.4 is 4.74 Å². The Morgan fingerprint density at radius 2 is 2.00 bits per heavy atom. The molecule has 3 heteroatoms. The molecule has 0 amide bonds. The third-order valence-electron chi connectivity index (χ3n) is 2.09. The van der Waals surface area contributed by atoms with Crippen molar-refractivity contribution in [3.05, 3.63) is 29.6 Å². The van der Waals surface area contributed by atoms with E-state index in [4.69, 9.17) is 9.47 Å². The third kappa shape index (κ3) is 4.62. The lowest BCUT2D eigenvalue weighted by Crippen LogP contribution is -2.10. The molecule has 0 saturated heterocycles. The SMILES string of the molecule is Cc1ccc(OCCOCC(C)C)cc1F. The minimum Gasteiger partial charge on any atom is -0.491 e. The van der Waals surface area contributed by atoms with E-state index >= 15 is 0 Å².